The van der Waals surface area contributed by atoms with E-state index in [1.165, 1.54) is 0 Å². The number of para-hydroxylation sites is 1. The van der Waals surface area contributed by atoms with Crippen LogP contribution in [0.3, 0.4) is 0 Å². The number of hydrogen-bond donors (Lipinski definition) is 2. The van der Waals surface area contributed by atoms with Gasteiger partial charge in [0.1, 0.15) is 11.9 Å². The molecule has 160 valence electrons. The highest BCUT2D eigenvalue weighted by Crippen LogP contribution is 2.54. The highest BCUT2D eigenvalue weighted by Gasteiger charge is 2.36. The molecule has 0 aromatic heterocycles. The van der Waals surface area contributed by atoms with Gasteiger partial charge in [0, 0.05) is 28.8 Å². The van der Waals surface area contributed by atoms with Crippen molar-refractivity contribution in [1.29, 1.82) is 0 Å². The third-order valence-electron chi connectivity index (χ3n) is 4.77. The van der Waals surface area contributed by atoms with Crippen LogP contribution in [0, 0.1) is 0 Å². The van der Waals surface area contributed by atoms with Gasteiger partial charge in [0.2, 0.25) is 5.75 Å². The maximum absolute atomic E-state index is 11.0. The molecule has 2 aromatic carbocycles. The van der Waals surface area contributed by atoms with Crippen LogP contribution in [0.2, 0.25) is 0 Å². The normalized spacial score (nSPS) is 15.9. The Hall–Kier alpha value is -2.15. The van der Waals surface area contributed by atoms with E-state index < -0.39 is 12.2 Å². The molecule has 2 N–H and O–H groups in total. The number of benzene rings is 2. The molecule has 0 spiro atoms. The van der Waals surface area contributed by atoms with Crippen molar-refractivity contribution in [3.63, 3.8) is 0 Å². The first-order valence-electron chi connectivity index (χ1n) is 9.32. The van der Waals surface area contributed by atoms with Gasteiger partial charge in [-0.3, -0.25) is 0 Å². The maximum Gasteiger partial charge on any atom is 0.203 e. The van der Waals surface area contributed by atoms with Gasteiger partial charge < -0.3 is 29.4 Å². The van der Waals surface area contributed by atoms with Crippen LogP contribution in [0.1, 0.15) is 32.4 Å². The SMILES string of the molecule is COc1cc2c(c(OC)c1OC)-c1ccccc1OC2C(O)CNC(C)(C)C.Cl. The molecule has 2 atom stereocenters. The number of β-amino-alcohol motifs (C(OH)–C–C–N with tert-alkyl or cyclic N) is 1. The Balaban J connectivity index is 0.00000300. The van der Waals surface area contributed by atoms with E-state index in [1.54, 1.807) is 21.3 Å². The molecular formula is C22H30ClNO5. The summed E-state index contributed by atoms with van der Waals surface area (Å²) >= 11 is 0. The van der Waals surface area contributed by atoms with Gasteiger partial charge in [0.15, 0.2) is 17.6 Å². The standard InChI is InChI=1S/C22H29NO5.ClH/c1-22(2,3)23-12-15(24)19-14-11-17(25-4)20(26-5)21(27-6)18(14)13-9-7-8-10-16(13)28-19;/h7-11,15,19,23-24H,12H2,1-6H3;1H. The molecule has 0 radical (unpaired) electrons. The lowest BCUT2D eigenvalue weighted by atomic mass is 9.88. The number of rotatable bonds is 6. The highest BCUT2D eigenvalue weighted by atomic mass is 35.5. The summed E-state index contributed by atoms with van der Waals surface area (Å²) in [6, 6.07) is 9.58. The second kappa shape index (κ2) is 9.11. The Kier molecular flexibility index (Phi) is 7.27. The van der Waals surface area contributed by atoms with Crippen LogP contribution >= 0.6 is 12.4 Å². The van der Waals surface area contributed by atoms with Gasteiger partial charge in [-0.15, -0.1) is 12.4 Å². The van der Waals surface area contributed by atoms with Crippen molar-refractivity contribution in [2.75, 3.05) is 27.9 Å². The average molecular weight is 424 g/mol. The molecule has 2 aromatic rings. The average Bonchev–Trinajstić information content (AvgIpc) is 2.68. The van der Waals surface area contributed by atoms with E-state index in [1.807, 2.05) is 30.3 Å². The largest absolute Gasteiger partial charge is 0.493 e. The van der Waals surface area contributed by atoms with Crippen LogP contribution in [0.4, 0.5) is 0 Å². The lowest BCUT2D eigenvalue weighted by Gasteiger charge is -2.34. The highest BCUT2D eigenvalue weighted by molar-refractivity contribution is 5.85. The molecule has 1 aliphatic rings. The van der Waals surface area contributed by atoms with Crippen LogP contribution in [0.5, 0.6) is 23.0 Å². The van der Waals surface area contributed by atoms with Crippen LogP contribution in [0.15, 0.2) is 30.3 Å². The van der Waals surface area contributed by atoms with Crippen molar-refractivity contribution in [2.24, 2.45) is 0 Å². The molecule has 0 aliphatic carbocycles. The monoisotopic (exact) mass is 423 g/mol. The number of aliphatic hydroxyl groups is 1. The number of nitrogens with one attached hydrogen (secondary N) is 1. The van der Waals surface area contributed by atoms with Crippen LogP contribution in [-0.2, 0) is 0 Å². The number of hydrogen-bond acceptors (Lipinski definition) is 6. The molecule has 0 saturated carbocycles. The van der Waals surface area contributed by atoms with Gasteiger partial charge in [-0.05, 0) is 32.9 Å². The zero-order valence-electron chi connectivity index (χ0n) is 17.7. The van der Waals surface area contributed by atoms with Crippen molar-refractivity contribution in [1.82, 2.24) is 5.32 Å². The first-order valence-corrected chi connectivity index (χ1v) is 9.32. The lowest BCUT2D eigenvalue weighted by molar-refractivity contribution is 0.0302. The van der Waals surface area contributed by atoms with Gasteiger partial charge >= 0.3 is 0 Å². The second-order valence-corrected chi connectivity index (χ2v) is 7.84. The number of ether oxygens (including phenoxy) is 4. The predicted octanol–water partition coefficient (Wildman–Crippen LogP) is 3.98. The van der Waals surface area contributed by atoms with Crippen molar-refractivity contribution in [3.05, 3.63) is 35.9 Å². The molecule has 0 saturated heterocycles. The summed E-state index contributed by atoms with van der Waals surface area (Å²) in [6.45, 7) is 6.55. The lowest BCUT2D eigenvalue weighted by Crippen LogP contribution is -2.44. The van der Waals surface area contributed by atoms with E-state index in [9.17, 15) is 5.11 Å². The number of halogens is 1. The first-order chi connectivity index (χ1) is 13.3. The Morgan fingerprint density at radius 1 is 1.07 bits per heavy atom. The van der Waals surface area contributed by atoms with Gasteiger partial charge in [0.25, 0.3) is 0 Å². The second-order valence-electron chi connectivity index (χ2n) is 7.84. The van der Waals surface area contributed by atoms with Gasteiger partial charge in [-0.1, -0.05) is 18.2 Å². The van der Waals surface area contributed by atoms with Crippen molar-refractivity contribution >= 4 is 12.4 Å². The molecule has 1 aliphatic heterocycles. The molecule has 6 nitrogen and oxygen atoms in total. The van der Waals surface area contributed by atoms with Crippen LogP contribution in [-0.4, -0.2) is 44.6 Å². The van der Waals surface area contributed by atoms with E-state index in [2.05, 4.69) is 26.1 Å². The Morgan fingerprint density at radius 2 is 1.72 bits per heavy atom. The molecule has 0 bridgehead atoms. The fourth-order valence-corrected chi connectivity index (χ4v) is 3.46. The summed E-state index contributed by atoms with van der Waals surface area (Å²) in [5.41, 5.74) is 2.42. The number of aliphatic hydroxyl groups excluding tert-OH is 1. The molecule has 0 amide bonds. The van der Waals surface area contributed by atoms with E-state index >= 15 is 0 Å². The molecule has 29 heavy (non-hydrogen) atoms. The zero-order chi connectivity index (χ0) is 20.5. The number of methoxy groups -OCH3 is 3. The maximum atomic E-state index is 11.0. The van der Waals surface area contributed by atoms with Gasteiger partial charge in [-0.2, -0.15) is 0 Å². The smallest absolute Gasteiger partial charge is 0.203 e. The summed E-state index contributed by atoms with van der Waals surface area (Å²) in [5.74, 6) is 2.30. The summed E-state index contributed by atoms with van der Waals surface area (Å²) in [5, 5.41) is 14.3. The quantitative estimate of drug-likeness (QED) is 0.732. The van der Waals surface area contributed by atoms with Crippen LogP contribution in [0.25, 0.3) is 11.1 Å². The van der Waals surface area contributed by atoms with Crippen molar-refractivity contribution in [2.45, 2.75) is 38.5 Å². The minimum atomic E-state index is -0.769. The Bertz CT molecular complexity index is 850. The minimum absolute atomic E-state index is 0. The fraction of sp³-hybridized carbons (Fsp3) is 0.455. The van der Waals surface area contributed by atoms with E-state index in [0.717, 1.165) is 16.7 Å². The molecule has 2 unspecified atom stereocenters. The Labute approximate surface area is 178 Å². The predicted molar refractivity (Wildman–Crippen MR) is 116 cm³/mol. The third kappa shape index (κ3) is 4.55. The summed E-state index contributed by atoms with van der Waals surface area (Å²) in [4.78, 5) is 0. The van der Waals surface area contributed by atoms with Gasteiger partial charge in [0.05, 0.1) is 21.3 Å². The van der Waals surface area contributed by atoms with Crippen molar-refractivity contribution < 1.29 is 24.1 Å². The summed E-state index contributed by atoms with van der Waals surface area (Å²) in [7, 11) is 4.76. The molecule has 1 heterocycles. The van der Waals surface area contributed by atoms with Crippen LogP contribution < -0.4 is 24.3 Å². The Morgan fingerprint density at radius 3 is 2.31 bits per heavy atom. The fourth-order valence-electron chi connectivity index (χ4n) is 3.46. The summed E-state index contributed by atoms with van der Waals surface area (Å²) < 4.78 is 23.0. The van der Waals surface area contributed by atoms with E-state index in [0.29, 0.717) is 29.5 Å². The third-order valence-corrected chi connectivity index (χ3v) is 4.77. The summed E-state index contributed by atoms with van der Waals surface area (Å²) in [6.07, 6.45) is -1.34. The molecule has 0 fully saturated rings. The van der Waals surface area contributed by atoms with Crippen molar-refractivity contribution in [3.8, 4) is 34.1 Å². The zero-order valence-corrected chi connectivity index (χ0v) is 18.6. The topological polar surface area (TPSA) is 69.2 Å². The molecular weight excluding hydrogens is 394 g/mol. The molecule has 7 heteroatoms. The first kappa shape index (κ1) is 23.1. The van der Waals surface area contributed by atoms with Gasteiger partial charge in [-0.25, -0.2) is 0 Å². The van der Waals surface area contributed by atoms with E-state index in [4.69, 9.17) is 18.9 Å². The molecule has 3 rings (SSSR count). The minimum Gasteiger partial charge on any atom is -0.493 e. The number of fused-ring (bicyclic) bond motifs is 3. The van der Waals surface area contributed by atoms with E-state index in [-0.39, 0.29) is 17.9 Å².